The van der Waals surface area contributed by atoms with Gasteiger partial charge < -0.3 is 25.4 Å². The van der Waals surface area contributed by atoms with Gasteiger partial charge in [-0.15, -0.1) is 0 Å². The van der Waals surface area contributed by atoms with Crippen molar-refractivity contribution in [2.45, 2.75) is 25.4 Å². The highest BCUT2D eigenvalue weighted by molar-refractivity contribution is 7.91. The van der Waals surface area contributed by atoms with Crippen molar-refractivity contribution in [1.29, 1.82) is 0 Å². The van der Waals surface area contributed by atoms with Gasteiger partial charge in [-0.2, -0.15) is 0 Å². The molecule has 9 nitrogen and oxygen atoms in total. The van der Waals surface area contributed by atoms with Gasteiger partial charge in [-0.25, -0.2) is 13.2 Å². The Bertz CT molecular complexity index is 810. The molecule has 0 spiro atoms. The first kappa shape index (κ1) is 18.3. The van der Waals surface area contributed by atoms with E-state index in [2.05, 4.69) is 16.0 Å². The summed E-state index contributed by atoms with van der Waals surface area (Å²) in [6, 6.07) is 3.24. The molecule has 10 heteroatoms. The predicted molar refractivity (Wildman–Crippen MR) is 94.2 cm³/mol. The number of fused-ring (bicyclic) bond motifs is 1. The number of hydrogen-bond acceptors (Lipinski definition) is 6. The second-order valence-corrected chi connectivity index (χ2v) is 8.52. The standard InChI is InChI=1S/C16H21N3O6S/c1-10(17-16(21)19-12-4-7-26(22,23)9-12)15(20)18-11-2-3-13-14(8-11)25-6-5-24-13/h2-3,8,10,12H,4-7,9H2,1H3,(H,18,20)(H2,17,19,21)/t10-,12?/m1/s1. The van der Waals surface area contributed by atoms with Crippen LogP contribution in [0.2, 0.25) is 0 Å². The van der Waals surface area contributed by atoms with Crippen molar-refractivity contribution in [3.05, 3.63) is 18.2 Å². The van der Waals surface area contributed by atoms with Crippen molar-refractivity contribution in [3.8, 4) is 11.5 Å². The zero-order valence-electron chi connectivity index (χ0n) is 14.3. The number of nitrogens with one attached hydrogen (secondary N) is 3. The molecule has 0 saturated carbocycles. The van der Waals surface area contributed by atoms with Crippen LogP contribution >= 0.6 is 0 Å². The maximum Gasteiger partial charge on any atom is 0.315 e. The zero-order valence-corrected chi connectivity index (χ0v) is 15.1. The Labute approximate surface area is 151 Å². The first-order valence-electron chi connectivity index (χ1n) is 8.30. The van der Waals surface area contributed by atoms with Gasteiger partial charge in [-0.1, -0.05) is 0 Å². The molecule has 0 aromatic heterocycles. The highest BCUT2D eigenvalue weighted by Gasteiger charge is 2.29. The summed E-state index contributed by atoms with van der Waals surface area (Å²) in [6.07, 6.45) is 0.382. The van der Waals surface area contributed by atoms with Crippen LogP contribution in [0.4, 0.5) is 10.5 Å². The fourth-order valence-corrected chi connectivity index (χ4v) is 4.44. The second-order valence-electron chi connectivity index (χ2n) is 6.29. The molecule has 142 valence electrons. The van der Waals surface area contributed by atoms with Crippen molar-refractivity contribution in [1.82, 2.24) is 10.6 Å². The predicted octanol–water partition coefficient (Wildman–Crippen LogP) is 0.271. The summed E-state index contributed by atoms with van der Waals surface area (Å²) < 4.78 is 33.7. The fourth-order valence-electron chi connectivity index (χ4n) is 2.77. The molecule has 0 radical (unpaired) electrons. The number of rotatable bonds is 4. The zero-order chi connectivity index (χ0) is 18.7. The molecule has 26 heavy (non-hydrogen) atoms. The lowest BCUT2D eigenvalue weighted by atomic mass is 10.2. The van der Waals surface area contributed by atoms with Gasteiger partial charge in [0.2, 0.25) is 5.91 Å². The Kier molecular flexibility index (Phi) is 5.21. The Balaban J connectivity index is 1.50. The third-order valence-corrected chi connectivity index (χ3v) is 5.89. The van der Waals surface area contributed by atoms with E-state index < -0.39 is 33.9 Å². The van der Waals surface area contributed by atoms with E-state index in [0.717, 1.165) is 0 Å². The van der Waals surface area contributed by atoms with Crippen molar-refractivity contribution in [2.75, 3.05) is 30.0 Å². The minimum Gasteiger partial charge on any atom is -0.486 e. The van der Waals surface area contributed by atoms with E-state index in [9.17, 15) is 18.0 Å². The number of amides is 3. The minimum atomic E-state index is -3.08. The van der Waals surface area contributed by atoms with Crippen molar-refractivity contribution in [3.63, 3.8) is 0 Å². The van der Waals surface area contributed by atoms with Crippen LogP contribution in [0.25, 0.3) is 0 Å². The smallest absolute Gasteiger partial charge is 0.315 e. The van der Waals surface area contributed by atoms with Crippen LogP contribution < -0.4 is 25.4 Å². The number of carbonyl (C=O) groups is 2. The molecule has 1 aromatic rings. The molecule has 1 unspecified atom stereocenters. The summed E-state index contributed by atoms with van der Waals surface area (Å²) in [5.74, 6) is 0.757. The van der Waals surface area contributed by atoms with Gasteiger partial charge in [0, 0.05) is 17.8 Å². The van der Waals surface area contributed by atoms with Crippen molar-refractivity contribution >= 4 is 27.5 Å². The molecule has 1 saturated heterocycles. The van der Waals surface area contributed by atoms with Crippen molar-refractivity contribution < 1.29 is 27.5 Å². The van der Waals surface area contributed by atoms with Gasteiger partial charge in [-0.3, -0.25) is 4.79 Å². The first-order valence-corrected chi connectivity index (χ1v) is 10.1. The largest absolute Gasteiger partial charge is 0.486 e. The molecule has 3 rings (SSSR count). The summed E-state index contributed by atoms with van der Waals surface area (Å²) in [6.45, 7) is 2.47. The molecular weight excluding hydrogens is 362 g/mol. The van der Waals surface area contributed by atoms with Gasteiger partial charge in [-0.05, 0) is 25.5 Å². The fraction of sp³-hybridized carbons (Fsp3) is 0.500. The minimum absolute atomic E-state index is 0.0676. The quantitative estimate of drug-likeness (QED) is 0.686. The number of hydrogen-bond donors (Lipinski definition) is 3. The van der Waals surface area contributed by atoms with Gasteiger partial charge in [0.1, 0.15) is 19.3 Å². The highest BCUT2D eigenvalue weighted by Crippen LogP contribution is 2.32. The van der Waals surface area contributed by atoms with Crippen molar-refractivity contribution in [2.24, 2.45) is 0 Å². The van der Waals surface area contributed by atoms with E-state index in [1.807, 2.05) is 0 Å². The van der Waals surface area contributed by atoms with E-state index in [0.29, 0.717) is 36.8 Å². The second kappa shape index (κ2) is 7.40. The summed E-state index contributed by atoms with van der Waals surface area (Å²) in [4.78, 5) is 24.2. The molecule has 3 amide bonds. The van der Waals surface area contributed by atoms with Gasteiger partial charge in [0.25, 0.3) is 0 Å². The Morgan fingerprint density at radius 2 is 1.92 bits per heavy atom. The molecule has 1 aromatic carbocycles. The Morgan fingerprint density at radius 3 is 2.62 bits per heavy atom. The molecule has 2 heterocycles. The maximum absolute atomic E-state index is 12.2. The van der Waals surface area contributed by atoms with E-state index in [1.54, 1.807) is 25.1 Å². The van der Waals surface area contributed by atoms with E-state index >= 15 is 0 Å². The van der Waals surface area contributed by atoms with Crippen LogP contribution in [0.3, 0.4) is 0 Å². The molecule has 1 fully saturated rings. The molecule has 0 bridgehead atoms. The van der Waals surface area contributed by atoms with Crippen LogP contribution in [0.5, 0.6) is 11.5 Å². The Morgan fingerprint density at radius 1 is 1.19 bits per heavy atom. The van der Waals surface area contributed by atoms with Crippen LogP contribution in [-0.2, 0) is 14.6 Å². The van der Waals surface area contributed by atoms with E-state index in [4.69, 9.17) is 9.47 Å². The number of urea groups is 1. The van der Waals surface area contributed by atoms with E-state index in [-0.39, 0.29) is 11.5 Å². The van der Waals surface area contributed by atoms with Gasteiger partial charge in [0.15, 0.2) is 21.3 Å². The summed E-state index contributed by atoms with van der Waals surface area (Å²) in [5, 5.41) is 7.77. The highest BCUT2D eigenvalue weighted by atomic mass is 32.2. The Hall–Kier alpha value is -2.49. The molecular formula is C16H21N3O6S. The molecule has 0 aliphatic carbocycles. The third kappa shape index (κ3) is 4.57. The summed E-state index contributed by atoms with van der Waals surface area (Å²) in [5.41, 5.74) is 0.523. The maximum atomic E-state index is 12.2. The number of carbonyl (C=O) groups excluding carboxylic acids is 2. The summed E-state index contributed by atoms with van der Waals surface area (Å²) in [7, 11) is -3.08. The van der Waals surface area contributed by atoms with Crippen LogP contribution in [0.15, 0.2) is 18.2 Å². The van der Waals surface area contributed by atoms with Gasteiger partial charge >= 0.3 is 6.03 Å². The molecule has 2 aliphatic heterocycles. The lowest BCUT2D eigenvalue weighted by Gasteiger charge is -2.20. The molecule has 2 aliphatic rings. The number of ether oxygens (including phenoxy) is 2. The first-order chi connectivity index (χ1) is 12.3. The monoisotopic (exact) mass is 383 g/mol. The topological polar surface area (TPSA) is 123 Å². The average Bonchev–Trinajstić information content (AvgIpc) is 2.93. The third-order valence-electron chi connectivity index (χ3n) is 4.12. The number of anilines is 1. The van der Waals surface area contributed by atoms with Crippen LogP contribution in [0.1, 0.15) is 13.3 Å². The molecule has 2 atom stereocenters. The van der Waals surface area contributed by atoms with E-state index in [1.165, 1.54) is 0 Å². The normalized spacial score (nSPS) is 21.5. The lowest BCUT2D eigenvalue weighted by Crippen LogP contribution is -2.49. The number of benzene rings is 1. The number of sulfone groups is 1. The van der Waals surface area contributed by atoms with Crippen LogP contribution in [-0.4, -0.2) is 57.2 Å². The lowest BCUT2D eigenvalue weighted by molar-refractivity contribution is -0.117. The SMILES string of the molecule is C[C@@H](NC(=O)NC1CCS(=O)(=O)C1)C(=O)Nc1ccc2c(c1)OCCO2. The summed E-state index contributed by atoms with van der Waals surface area (Å²) >= 11 is 0. The molecule has 3 N–H and O–H groups in total. The van der Waals surface area contributed by atoms with Gasteiger partial charge in [0.05, 0.1) is 11.5 Å². The van der Waals surface area contributed by atoms with Crippen LogP contribution in [0, 0.1) is 0 Å². The average molecular weight is 383 g/mol.